The van der Waals surface area contributed by atoms with Crippen molar-refractivity contribution in [2.24, 2.45) is 0 Å². The van der Waals surface area contributed by atoms with Crippen molar-refractivity contribution in [3.8, 4) is 11.1 Å². The quantitative estimate of drug-likeness (QED) is 0.190. The molecule has 0 bridgehead atoms. The molecular formula is C47H43NO2. The molecule has 0 radical (unpaired) electrons. The van der Waals surface area contributed by atoms with E-state index in [0.29, 0.717) is 0 Å². The first-order valence-corrected chi connectivity index (χ1v) is 17.8. The minimum Gasteiger partial charge on any atom is -0.456 e. The Morgan fingerprint density at radius 2 is 1.18 bits per heavy atom. The Bertz CT molecular complexity index is 2650. The van der Waals surface area contributed by atoms with Gasteiger partial charge >= 0.3 is 0 Å². The van der Waals surface area contributed by atoms with Crippen LogP contribution in [0.15, 0.2) is 124 Å². The molecule has 3 heteroatoms. The summed E-state index contributed by atoms with van der Waals surface area (Å²) >= 11 is 0. The molecule has 0 spiro atoms. The third-order valence-corrected chi connectivity index (χ3v) is 10.9. The largest absolute Gasteiger partial charge is 0.456 e. The average Bonchev–Trinajstić information content (AvgIpc) is 3.72. The molecule has 2 heterocycles. The number of rotatable bonds is 3. The molecule has 6 aromatic carbocycles. The second-order valence-electron chi connectivity index (χ2n) is 16.7. The van der Waals surface area contributed by atoms with E-state index in [1.807, 2.05) is 12.1 Å². The van der Waals surface area contributed by atoms with Gasteiger partial charge in [-0.05, 0) is 81.1 Å². The third kappa shape index (κ3) is 4.49. The molecular weight excluding hydrogens is 611 g/mol. The molecule has 0 saturated heterocycles. The van der Waals surface area contributed by atoms with Gasteiger partial charge in [-0.15, -0.1) is 0 Å². The zero-order chi connectivity index (χ0) is 34.7. The van der Waals surface area contributed by atoms with Crippen molar-refractivity contribution in [2.75, 3.05) is 4.90 Å². The molecule has 2 aromatic heterocycles. The lowest BCUT2D eigenvalue weighted by atomic mass is 9.79. The van der Waals surface area contributed by atoms with Crippen LogP contribution in [0.3, 0.4) is 0 Å². The van der Waals surface area contributed by atoms with E-state index < -0.39 is 0 Å². The van der Waals surface area contributed by atoms with Gasteiger partial charge in [-0.25, -0.2) is 0 Å². The predicted octanol–water partition coefficient (Wildman–Crippen LogP) is 13.9. The van der Waals surface area contributed by atoms with E-state index in [4.69, 9.17) is 8.83 Å². The maximum atomic E-state index is 7.09. The zero-order valence-corrected chi connectivity index (χ0v) is 30.2. The second kappa shape index (κ2) is 10.4. The summed E-state index contributed by atoms with van der Waals surface area (Å²) in [6.45, 7) is 18.4. The monoisotopic (exact) mass is 653 g/mol. The number of nitrogens with zero attached hydrogens (tertiary/aromatic N) is 1. The van der Waals surface area contributed by atoms with E-state index in [9.17, 15) is 0 Å². The van der Waals surface area contributed by atoms with Gasteiger partial charge in [0.2, 0.25) is 0 Å². The standard InChI is InChI=1S/C47H43NO2/c1-45(2,3)28-24-36-35-16-13-18-40(44(35)50-43(36)39(25-28)46(4,5)6)48(30-21-23-34-33-15-10-12-19-41(33)49-42(34)27-30)29-20-22-32-31-14-9-11-17-37(31)47(7,8)38(32)26-29/h9-27H,1-8H3. The van der Waals surface area contributed by atoms with Gasteiger partial charge in [0, 0.05) is 44.3 Å². The van der Waals surface area contributed by atoms with Crippen LogP contribution >= 0.6 is 0 Å². The van der Waals surface area contributed by atoms with E-state index in [-0.39, 0.29) is 16.2 Å². The van der Waals surface area contributed by atoms with Crippen molar-refractivity contribution in [1.82, 2.24) is 0 Å². The molecule has 3 nitrogen and oxygen atoms in total. The highest BCUT2D eigenvalue weighted by atomic mass is 16.3. The zero-order valence-electron chi connectivity index (χ0n) is 30.2. The van der Waals surface area contributed by atoms with Gasteiger partial charge in [-0.2, -0.15) is 0 Å². The van der Waals surface area contributed by atoms with Crippen LogP contribution in [-0.2, 0) is 16.2 Å². The normalized spacial score (nSPS) is 14.2. The number of benzene rings is 6. The summed E-state index contributed by atoms with van der Waals surface area (Å²) in [5, 5.41) is 4.53. The first-order chi connectivity index (χ1) is 23.8. The van der Waals surface area contributed by atoms with Crippen LogP contribution in [0.25, 0.3) is 55.0 Å². The first kappa shape index (κ1) is 30.8. The van der Waals surface area contributed by atoms with Crippen LogP contribution < -0.4 is 4.90 Å². The Balaban J connectivity index is 1.33. The van der Waals surface area contributed by atoms with Crippen LogP contribution in [0.4, 0.5) is 17.1 Å². The van der Waals surface area contributed by atoms with Gasteiger partial charge in [-0.1, -0.05) is 122 Å². The molecule has 1 aliphatic carbocycles. The predicted molar refractivity (Wildman–Crippen MR) is 211 cm³/mol. The number of para-hydroxylation sites is 2. The van der Waals surface area contributed by atoms with Crippen LogP contribution in [-0.4, -0.2) is 0 Å². The number of hydrogen-bond donors (Lipinski definition) is 0. The van der Waals surface area contributed by atoms with E-state index in [1.165, 1.54) is 33.4 Å². The summed E-state index contributed by atoms with van der Waals surface area (Å²) in [7, 11) is 0. The molecule has 50 heavy (non-hydrogen) atoms. The van der Waals surface area contributed by atoms with E-state index in [1.54, 1.807) is 0 Å². The van der Waals surface area contributed by atoms with Crippen molar-refractivity contribution in [2.45, 2.75) is 71.6 Å². The highest BCUT2D eigenvalue weighted by Gasteiger charge is 2.36. The van der Waals surface area contributed by atoms with Gasteiger partial charge < -0.3 is 13.7 Å². The highest BCUT2D eigenvalue weighted by molar-refractivity contribution is 6.12. The van der Waals surface area contributed by atoms with E-state index in [0.717, 1.165) is 60.9 Å². The molecule has 0 saturated carbocycles. The lowest BCUT2D eigenvalue weighted by molar-refractivity contribution is 0.559. The molecule has 0 unspecified atom stereocenters. The van der Waals surface area contributed by atoms with Gasteiger partial charge in [0.15, 0.2) is 5.58 Å². The smallest absolute Gasteiger partial charge is 0.159 e. The summed E-state index contributed by atoms with van der Waals surface area (Å²) in [6.07, 6.45) is 0. The van der Waals surface area contributed by atoms with Crippen LogP contribution in [0.5, 0.6) is 0 Å². The van der Waals surface area contributed by atoms with Crippen molar-refractivity contribution < 1.29 is 8.83 Å². The van der Waals surface area contributed by atoms with Crippen molar-refractivity contribution in [3.63, 3.8) is 0 Å². The van der Waals surface area contributed by atoms with Gasteiger partial charge in [0.25, 0.3) is 0 Å². The minimum atomic E-state index is -0.132. The fourth-order valence-corrected chi connectivity index (χ4v) is 8.16. The average molecular weight is 654 g/mol. The summed E-state index contributed by atoms with van der Waals surface area (Å²) in [4.78, 5) is 2.36. The molecule has 1 aliphatic rings. The molecule has 8 aromatic rings. The molecule has 248 valence electrons. The number of anilines is 3. The van der Waals surface area contributed by atoms with Crippen LogP contribution in [0, 0.1) is 0 Å². The summed E-state index contributed by atoms with van der Waals surface area (Å²) in [5.41, 5.74) is 14.3. The molecule has 0 atom stereocenters. The third-order valence-electron chi connectivity index (χ3n) is 10.9. The molecule has 0 amide bonds. The summed E-state index contributed by atoms with van der Waals surface area (Å²) in [5.74, 6) is 0. The Labute approximate surface area is 294 Å². The Morgan fingerprint density at radius 3 is 1.98 bits per heavy atom. The summed E-state index contributed by atoms with van der Waals surface area (Å²) in [6, 6.07) is 41.9. The minimum absolute atomic E-state index is 0.00177. The Hall–Kier alpha value is -5.28. The number of furan rings is 2. The van der Waals surface area contributed by atoms with Crippen molar-refractivity contribution in [1.29, 1.82) is 0 Å². The maximum Gasteiger partial charge on any atom is 0.159 e. The molecule has 0 aliphatic heterocycles. The topological polar surface area (TPSA) is 29.5 Å². The summed E-state index contributed by atoms with van der Waals surface area (Å²) < 4.78 is 13.5. The van der Waals surface area contributed by atoms with Crippen LogP contribution in [0.1, 0.15) is 77.6 Å². The van der Waals surface area contributed by atoms with Gasteiger partial charge in [0.1, 0.15) is 16.7 Å². The van der Waals surface area contributed by atoms with Crippen molar-refractivity contribution in [3.05, 3.63) is 138 Å². The van der Waals surface area contributed by atoms with Gasteiger partial charge in [-0.3, -0.25) is 0 Å². The van der Waals surface area contributed by atoms with E-state index in [2.05, 4.69) is 163 Å². The van der Waals surface area contributed by atoms with Gasteiger partial charge in [0.05, 0.1) is 11.4 Å². The van der Waals surface area contributed by atoms with Crippen molar-refractivity contribution >= 4 is 60.9 Å². The lowest BCUT2D eigenvalue weighted by Gasteiger charge is -2.28. The maximum absolute atomic E-state index is 7.09. The Morgan fingerprint density at radius 1 is 0.500 bits per heavy atom. The van der Waals surface area contributed by atoms with Crippen LogP contribution in [0.2, 0.25) is 0 Å². The highest BCUT2D eigenvalue weighted by Crippen LogP contribution is 2.52. The molecule has 0 fully saturated rings. The van der Waals surface area contributed by atoms with E-state index >= 15 is 0 Å². The second-order valence-corrected chi connectivity index (χ2v) is 16.7. The fourth-order valence-electron chi connectivity index (χ4n) is 8.16. The number of fused-ring (bicyclic) bond motifs is 9. The molecule has 0 N–H and O–H groups in total. The molecule has 9 rings (SSSR count). The number of hydrogen-bond acceptors (Lipinski definition) is 3. The SMILES string of the molecule is CC(C)(C)c1cc(C(C)(C)C)c2oc3c(N(c4ccc5c(c4)C(C)(C)c4ccccc4-5)c4ccc5c(c4)oc4ccccc45)cccc3c2c1. The first-order valence-electron chi connectivity index (χ1n) is 17.8. The Kier molecular flexibility index (Phi) is 6.38. The fraction of sp³-hybridized carbons (Fsp3) is 0.234. The lowest BCUT2D eigenvalue weighted by Crippen LogP contribution is -2.16.